The summed E-state index contributed by atoms with van der Waals surface area (Å²) in [6.07, 6.45) is -2.82. The van der Waals surface area contributed by atoms with E-state index in [2.05, 4.69) is 36.1 Å². The Kier molecular flexibility index (Phi) is 33.3. The molecule has 0 fully saturated rings. The molecule has 2 unspecified atom stereocenters. The van der Waals surface area contributed by atoms with Gasteiger partial charge in [0.25, 0.3) is 11.6 Å². The molecule has 30 heteroatoms. The lowest BCUT2D eigenvalue weighted by molar-refractivity contribution is -0.160. The Balaban J connectivity index is 0.000000360. The molecule has 6 aromatic carbocycles. The topological polar surface area (TPSA) is 442 Å². The van der Waals surface area contributed by atoms with Gasteiger partial charge in [-0.25, -0.2) is 19.2 Å². The van der Waals surface area contributed by atoms with E-state index in [1.165, 1.54) is 62.4 Å². The van der Waals surface area contributed by atoms with Gasteiger partial charge in [-0.2, -0.15) is 0 Å². The highest BCUT2D eigenvalue weighted by atomic mass is 16.6. The molecule has 0 spiro atoms. The highest BCUT2D eigenvalue weighted by Gasteiger charge is 2.45. The number of hydrogen-bond acceptors (Lipinski definition) is 28. The smallest absolute Gasteiger partial charge is 0.382 e. The Morgan fingerprint density at radius 2 is 0.745 bits per heavy atom. The van der Waals surface area contributed by atoms with Gasteiger partial charge < -0.3 is 49.3 Å². The highest BCUT2D eigenvalue weighted by molar-refractivity contribution is 6.38. The number of esters is 4. The summed E-state index contributed by atoms with van der Waals surface area (Å²) in [6, 6.07) is 38.2. The molecular weight excluding hydrogens is 1330 g/mol. The van der Waals surface area contributed by atoms with E-state index in [1.54, 1.807) is 0 Å². The molecule has 0 aliphatic heterocycles. The summed E-state index contributed by atoms with van der Waals surface area (Å²) in [5, 5.41) is 38.7. The maximum atomic E-state index is 12.5. The zero-order chi connectivity index (χ0) is 76.7. The number of fused-ring (bicyclic) bond motifs is 2. The van der Waals surface area contributed by atoms with Crippen LogP contribution >= 0.6 is 0 Å². The minimum atomic E-state index is -2.12. The van der Waals surface area contributed by atoms with E-state index in [-0.39, 0.29) is 60.8 Å². The number of nitroso groups, excluding NO2 is 4. The minimum Gasteiger partial charge on any atom is -0.489 e. The molecule has 6 aromatic rings. The van der Waals surface area contributed by atoms with E-state index >= 15 is 0 Å². The lowest BCUT2D eigenvalue weighted by atomic mass is 9.86. The zero-order valence-corrected chi connectivity index (χ0v) is 58.3. The summed E-state index contributed by atoms with van der Waals surface area (Å²) < 4.78 is 32.3. The van der Waals surface area contributed by atoms with Gasteiger partial charge in [0.2, 0.25) is 11.1 Å². The first-order valence-corrected chi connectivity index (χ1v) is 31.6. The van der Waals surface area contributed by atoms with Crippen molar-refractivity contribution < 1.29 is 96.2 Å². The van der Waals surface area contributed by atoms with Crippen LogP contribution in [0.5, 0.6) is 23.0 Å². The molecule has 102 heavy (non-hydrogen) atoms. The van der Waals surface area contributed by atoms with Gasteiger partial charge in [-0.3, -0.25) is 38.4 Å². The van der Waals surface area contributed by atoms with Crippen molar-refractivity contribution in [3.63, 3.8) is 0 Å². The Hall–Kier alpha value is -11.4. The number of carbonyl (C=O) groups is 12. The number of nitrogens with one attached hydrogen (secondary N) is 2. The predicted molar refractivity (Wildman–Crippen MR) is 371 cm³/mol. The summed E-state index contributed by atoms with van der Waals surface area (Å²) in [7, 11) is 0. The fourth-order valence-electron chi connectivity index (χ4n) is 8.94. The van der Waals surface area contributed by atoms with Crippen LogP contribution in [0, 0.1) is 19.6 Å². The van der Waals surface area contributed by atoms with E-state index in [4.69, 9.17) is 33.9 Å². The third kappa shape index (κ3) is 25.1. The minimum absolute atomic E-state index is 0.0572. The van der Waals surface area contributed by atoms with Crippen molar-refractivity contribution >= 4 is 92.1 Å². The number of para-hydroxylation sites is 2. The SMILES string of the molecule is CC(=O)C(CCC(=O)OC(CNC(C)C)COc1cccc2ccccc12)(N=O)C(C)=O.CC(=O)C(CCC(=O)Oc1ccccc1C(=O)O)(N=O)C(C)=O.CC(C)(N=O)C(=O)C(=O)Oc1ccccc1C(=O)O.CC(C)NCC(COc1cccc2ccccc12)OC(=O)C(=O)C(C)(C)N=O. The number of benzene rings is 6. The fourth-order valence-corrected chi connectivity index (χ4v) is 8.94. The second kappa shape index (κ2) is 40.0. The summed E-state index contributed by atoms with van der Waals surface area (Å²) >= 11 is 0. The highest BCUT2D eigenvalue weighted by Crippen LogP contribution is 2.29. The largest absolute Gasteiger partial charge is 0.489 e. The number of carboxylic acids is 2. The standard InChI is InChI=1S/C24H30N2O6.C21H26N2O5.C15H15NO7.C12H11NO6/c1-16(2)25-14-20(15-31-22-11-7-9-19-8-5-6-10-21(19)22)32-23(29)12-13-24(26-30,17(3)27)18(4)28;1-14(2)22-12-16(28-20(25)19(24)21(3,4)23-26)13-27-18-11-7-9-15-8-5-6-10-17(15)18;1-9(17)15(16-22,10(2)18)8-7-13(19)23-12-6-4-3-5-11(12)14(20)21;1-12(2,13-18)9(14)11(17)19-8-6-4-3-5-7(8)10(15)16/h5-11,16,20,25H,12-15H2,1-4H3;5-11,14,16,22H,12-13H2,1-4H3;3-6H,7-8H2,1-2H3,(H,20,21);3-6H,1-2H3,(H,15,16). The van der Waals surface area contributed by atoms with Crippen molar-refractivity contribution in [2.45, 2.75) is 155 Å². The number of ketones is 6. The van der Waals surface area contributed by atoms with Crippen LogP contribution in [-0.4, -0.2) is 153 Å². The lowest BCUT2D eigenvalue weighted by Gasteiger charge is -2.23. The number of hydrogen-bond donors (Lipinski definition) is 4. The fraction of sp³-hybridized carbons (Fsp3) is 0.389. The molecule has 2 atom stereocenters. The van der Waals surface area contributed by atoms with Crippen LogP contribution in [0.1, 0.15) is 129 Å². The van der Waals surface area contributed by atoms with Gasteiger partial charge in [0.05, 0.1) is 0 Å². The number of aromatic carboxylic acids is 2. The molecule has 0 bridgehead atoms. The van der Waals surface area contributed by atoms with Gasteiger partial charge in [0, 0.05) is 61.6 Å². The van der Waals surface area contributed by atoms with Crippen LogP contribution in [0.3, 0.4) is 0 Å². The van der Waals surface area contributed by atoms with Crippen molar-refractivity contribution in [2.75, 3.05) is 26.3 Å². The third-order valence-electron chi connectivity index (χ3n) is 15.1. The van der Waals surface area contributed by atoms with Gasteiger partial charge in [-0.05, 0) is 113 Å². The van der Waals surface area contributed by atoms with Crippen LogP contribution in [0.2, 0.25) is 0 Å². The van der Waals surface area contributed by atoms with E-state index in [0.29, 0.717) is 24.6 Å². The molecule has 4 N–H and O–H groups in total. The van der Waals surface area contributed by atoms with Gasteiger partial charge >= 0.3 is 35.8 Å². The average Bonchev–Trinajstić information content (AvgIpc) is 0.844. The molecular formula is C72H82N6O24. The van der Waals surface area contributed by atoms with E-state index in [0.717, 1.165) is 63.1 Å². The Labute approximate surface area is 586 Å². The monoisotopic (exact) mass is 1410 g/mol. The second-order valence-electron chi connectivity index (χ2n) is 24.4. The van der Waals surface area contributed by atoms with Crippen molar-refractivity contribution in [1.29, 1.82) is 0 Å². The van der Waals surface area contributed by atoms with Crippen molar-refractivity contribution in [3.8, 4) is 23.0 Å². The van der Waals surface area contributed by atoms with Crippen molar-refractivity contribution in [2.24, 2.45) is 20.7 Å². The molecule has 30 nitrogen and oxygen atoms in total. The van der Waals surface area contributed by atoms with Crippen LogP contribution in [0.25, 0.3) is 21.5 Å². The Morgan fingerprint density at radius 1 is 0.412 bits per heavy atom. The summed E-state index contributed by atoms with van der Waals surface area (Å²) in [6.45, 7) is 17.8. The number of nitrogens with zero attached hydrogens (tertiary/aromatic N) is 4. The predicted octanol–water partition coefficient (Wildman–Crippen LogP) is 9.99. The van der Waals surface area contributed by atoms with Crippen molar-refractivity contribution in [1.82, 2.24) is 10.6 Å². The number of rotatable bonds is 36. The Morgan fingerprint density at radius 3 is 1.12 bits per heavy atom. The normalized spacial score (nSPS) is 11.7. The van der Waals surface area contributed by atoms with Gasteiger partial charge in [0.15, 0.2) is 34.2 Å². The second-order valence-corrected chi connectivity index (χ2v) is 24.4. The summed E-state index contributed by atoms with van der Waals surface area (Å²) in [4.78, 5) is 184. The van der Waals surface area contributed by atoms with Crippen LogP contribution in [0.4, 0.5) is 0 Å². The van der Waals surface area contributed by atoms with Gasteiger partial charge in [-0.1, -0.05) is 135 Å². The molecule has 0 aliphatic carbocycles. The Bertz CT molecular complexity index is 4010. The first kappa shape index (κ1) is 84.8. The molecule has 0 aliphatic rings. The van der Waals surface area contributed by atoms with Crippen LogP contribution in [0.15, 0.2) is 154 Å². The molecule has 0 saturated carbocycles. The van der Waals surface area contributed by atoms with E-state index < -0.39 is 118 Å². The molecule has 0 heterocycles. The summed E-state index contributed by atoms with van der Waals surface area (Å²) in [5.74, 6) is -10.7. The van der Waals surface area contributed by atoms with E-state index in [9.17, 15) is 77.2 Å². The maximum absolute atomic E-state index is 12.5. The number of carboxylic acid groups (broad SMARTS) is 2. The van der Waals surface area contributed by atoms with Gasteiger partial charge in [0.1, 0.15) is 59.5 Å². The lowest BCUT2D eigenvalue weighted by Crippen LogP contribution is -2.43. The van der Waals surface area contributed by atoms with Gasteiger partial charge in [-0.15, -0.1) is 19.6 Å². The summed E-state index contributed by atoms with van der Waals surface area (Å²) in [5.41, 5.74) is -8.06. The molecule has 0 amide bonds. The molecule has 544 valence electrons. The van der Waals surface area contributed by atoms with Crippen molar-refractivity contribution in [3.05, 3.63) is 164 Å². The van der Waals surface area contributed by atoms with E-state index in [1.807, 2.05) is 113 Å². The first-order chi connectivity index (χ1) is 48.0. The first-order valence-electron chi connectivity index (χ1n) is 31.6. The number of carbonyl (C=O) groups excluding carboxylic acids is 10. The quantitative estimate of drug-likeness (QED) is 0.00933. The number of ether oxygens (including phenoxy) is 6. The van der Waals surface area contributed by atoms with Crippen LogP contribution in [-0.2, 0) is 57.4 Å². The third-order valence-corrected chi connectivity index (χ3v) is 15.1. The number of Topliss-reactive ketones (excluding diaryl/α,β-unsaturated/α-hetero) is 6. The molecule has 0 aromatic heterocycles. The molecule has 0 radical (unpaired) electrons. The molecule has 0 saturated heterocycles. The maximum Gasteiger partial charge on any atom is 0.382 e. The van der Waals surface area contributed by atoms with Crippen LogP contribution < -0.4 is 29.6 Å². The molecule has 6 rings (SSSR count). The average molecular weight is 1420 g/mol. The zero-order valence-electron chi connectivity index (χ0n) is 58.3.